The Bertz CT molecular complexity index is 1450. The van der Waals surface area contributed by atoms with E-state index in [4.69, 9.17) is 11.6 Å². The lowest BCUT2D eigenvalue weighted by Gasteiger charge is -2.11. The predicted molar refractivity (Wildman–Crippen MR) is 141 cm³/mol. The largest absolute Gasteiger partial charge is 0.478 e. The van der Waals surface area contributed by atoms with Crippen LogP contribution in [0, 0.1) is 6.92 Å². The highest BCUT2D eigenvalue weighted by Crippen LogP contribution is 2.27. The molecular weight excluding hydrogens is 484 g/mol. The summed E-state index contributed by atoms with van der Waals surface area (Å²) in [6.45, 7) is 1.84. The molecule has 0 aliphatic heterocycles. The van der Waals surface area contributed by atoms with Crippen molar-refractivity contribution in [3.05, 3.63) is 101 Å². The molecule has 4 aromatic rings. The van der Waals surface area contributed by atoms with Gasteiger partial charge < -0.3 is 15.7 Å². The summed E-state index contributed by atoms with van der Waals surface area (Å²) in [5, 5.41) is 16.9. The lowest BCUT2D eigenvalue weighted by atomic mass is 9.98. The van der Waals surface area contributed by atoms with Gasteiger partial charge in [0.25, 0.3) is 5.91 Å². The number of carboxylic acids is 1. The number of halogens is 1. The monoisotopic (exact) mass is 504 g/mol. The van der Waals surface area contributed by atoms with Gasteiger partial charge in [-0.25, -0.2) is 4.79 Å². The summed E-state index contributed by atoms with van der Waals surface area (Å²) < 4.78 is 0. The minimum Gasteiger partial charge on any atom is -0.478 e. The van der Waals surface area contributed by atoms with E-state index in [0.717, 1.165) is 10.5 Å². The lowest BCUT2D eigenvalue weighted by molar-refractivity contribution is -0.113. The van der Waals surface area contributed by atoms with Crippen LogP contribution in [0.3, 0.4) is 0 Å². The van der Waals surface area contributed by atoms with E-state index in [1.54, 1.807) is 66.7 Å². The average molecular weight is 505 g/mol. The maximum Gasteiger partial charge on any atom is 0.336 e. The quantitative estimate of drug-likeness (QED) is 0.250. The zero-order valence-electron chi connectivity index (χ0n) is 18.7. The van der Waals surface area contributed by atoms with E-state index >= 15 is 0 Å². The minimum atomic E-state index is -1.10. The predicted octanol–water partition coefficient (Wildman–Crippen LogP) is 6.48. The van der Waals surface area contributed by atoms with E-state index in [9.17, 15) is 19.5 Å². The highest BCUT2D eigenvalue weighted by atomic mass is 35.5. The van der Waals surface area contributed by atoms with Crippen LogP contribution in [-0.2, 0) is 4.79 Å². The van der Waals surface area contributed by atoms with Gasteiger partial charge in [0, 0.05) is 32.2 Å². The molecule has 0 fully saturated rings. The third-order valence-corrected chi connectivity index (χ3v) is 6.79. The summed E-state index contributed by atoms with van der Waals surface area (Å²) in [5.74, 6) is -1.51. The van der Waals surface area contributed by atoms with Crippen molar-refractivity contribution in [2.75, 3.05) is 16.4 Å². The number of fused-ring (bicyclic) bond motifs is 1. The number of hydrogen-bond acceptors (Lipinski definition) is 4. The van der Waals surface area contributed by atoms with Crippen molar-refractivity contribution < 1.29 is 19.5 Å². The Kier molecular flexibility index (Phi) is 7.39. The Morgan fingerprint density at radius 1 is 0.886 bits per heavy atom. The summed E-state index contributed by atoms with van der Waals surface area (Å²) >= 11 is 7.44. The molecule has 0 spiro atoms. The fraction of sp³-hybridized carbons (Fsp3) is 0.0741. The maximum absolute atomic E-state index is 13.1. The fourth-order valence-corrected chi connectivity index (χ4v) is 4.58. The highest BCUT2D eigenvalue weighted by molar-refractivity contribution is 8.00. The highest BCUT2D eigenvalue weighted by Gasteiger charge is 2.17. The molecule has 0 aliphatic rings. The van der Waals surface area contributed by atoms with Crippen molar-refractivity contribution >= 4 is 63.3 Å². The fourth-order valence-electron chi connectivity index (χ4n) is 3.65. The van der Waals surface area contributed by atoms with E-state index in [-0.39, 0.29) is 22.8 Å². The van der Waals surface area contributed by atoms with Gasteiger partial charge in [0.05, 0.1) is 11.3 Å². The number of nitrogens with one attached hydrogen (secondary N) is 2. The average Bonchev–Trinajstić information content (AvgIpc) is 2.85. The Labute approximate surface area is 211 Å². The smallest absolute Gasteiger partial charge is 0.336 e. The van der Waals surface area contributed by atoms with E-state index in [1.807, 2.05) is 13.0 Å². The summed E-state index contributed by atoms with van der Waals surface area (Å²) in [5.41, 5.74) is 2.35. The summed E-state index contributed by atoms with van der Waals surface area (Å²) in [4.78, 5) is 38.0. The number of benzene rings is 4. The molecule has 0 saturated heterocycles. The molecule has 176 valence electrons. The first-order valence-corrected chi connectivity index (χ1v) is 12.0. The van der Waals surface area contributed by atoms with Gasteiger partial charge in [-0.3, -0.25) is 9.59 Å². The zero-order chi connectivity index (χ0) is 24.9. The van der Waals surface area contributed by atoms with E-state index in [1.165, 1.54) is 17.8 Å². The number of hydrogen-bond donors (Lipinski definition) is 3. The second-order valence-corrected chi connectivity index (χ2v) is 9.20. The standard InChI is InChI=1S/C27H21ClN2O4S/c1-16-22(28)12-5-13-23(16)30-24(31)15-35-19-9-4-8-18(14-19)29-26(32)20-10-2-6-17-7-3-11-21(25(17)20)27(33)34/h2-14H,15H2,1H3,(H,29,32)(H,30,31)(H,33,34). The topological polar surface area (TPSA) is 95.5 Å². The summed E-state index contributed by atoms with van der Waals surface area (Å²) in [7, 11) is 0. The maximum atomic E-state index is 13.1. The van der Waals surface area contributed by atoms with Crippen molar-refractivity contribution in [1.29, 1.82) is 0 Å². The molecule has 0 aliphatic carbocycles. The van der Waals surface area contributed by atoms with Crippen LogP contribution in [0.2, 0.25) is 5.02 Å². The first-order chi connectivity index (χ1) is 16.8. The van der Waals surface area contributed by atoms with Gasteiger partial charge in [0.1, 0.15) is 0 Å². The van der Waals surface area contributed by atoms with Crippen molar-refractivity contribution in [2.24, 2.45) is 0 Å². The Hall–Kier alpha value is -3.81. The van der Waals surface area contributed by atoms with Crippen molar-refractivity contribution in [3.8, 4) is 0 Å². The normalized spacial score (nSPS) is 10.7. The molecule has 35 heavy (non-hydrogen) atoms. The molecule has 0 radical (unpaired) electrons. The van der Waals surface area contributed by atoms with Crippen LogP contribution in [0.5, 0.6) is 0 Å². The molecule has 0 saturated carbocycles. The lowest BCUT2D eigenvalue weighted by Crippen LogP contribution is -2.15. The Morgan fingerprint density at radius 2 is 1.57 bits per heavy atom. The first kappa shape index (κ1) is 24.3. The van der Waals surface area contributed by atoms with Crippen LogP contribution in [-0.4, -0.2) is 28.6 Å². The number of amides is 2. The molecule has 8 heteroatoms. The SMILES string of the molecule is Cc1c(Cl)cccc1NC(=O)CSc1cccc(NC(=O)c2cccc3cccc(C(=O)O)c23)c1. The molecule has 6 nitrogen and oxygen atoms in total. The minimum absolute atomic E-state index is 0.0681. The molecule has 0 aromatic heterocycles. The van der Waals surface area contributed by atoms with Gasteiger partial charge in [0.2, 0.25) is 5.91 Å². The molecule has 0 unspecified atom stereocenters. The Morgan fingerprint density at radius 3 is 2.31 bits per heavy atom. The Balaban J connectivity index is 1.46. The van der Waals surface area contributed by atoms with Crippen LogP contribution in [0.4, 0.5) is 11.4 Å². The number of carbonyl (C=O) groups is 3. The number of carboxylic acid groups (broad SMARTS) is 1. The van der Waals surface area contributed by atoms with Crippen LogP contribution in [0.1, 0.15) is 26.3 Å². The summed E-state index contributed by atoms with van der Waals surface area (Å²) in [6.07, 6.45) is 0. The number of thioether (sulfide) groups is 1. The molecule has 0 atom stereocenters. The van der Waals surface area contributed by atoms with Gasteiger partial charge >= 0.3 is 5.97 Å². The van der Waals surface area contributed by atoms with Crippen molar-refractivity contribution in [3.63, 3.8) is 0 Å². The zero-order valence-corrected chi connectivity index (χ0v) is 20.2. The molecule has 0 bridgehead atoms. The van der Waals surface area contributed by atoms with Gasteiger partial charge in [-0.05, 0) is 60.3 Å². The van der Waals surface area contributed by atoms with E-state index in [2.05, 4.69) is 10.6 Å². The van der Waals surface area contributed by atoms with Crippen LogP contribution < -0.4 is 10.6 Å². The number of anilines is 2. The van der Waals surface area contributed by atoms with E-state index in [0.29, 0.717) is 27.2 Å². The number of aromatic carboxylic acids is 1. The number of carbonyl (C=O) groups excluding carboxylic acids is 2. The third kappa shape index (κ3) is 5.65. The van der Waals surface area contributed by atoms with Crippen LogP contribution in [0.25, 0.3) is 10.8 Å². The second kappa shape index (κ2) is 10.6. The third-order valence-electron chi connectivity index (χ3n) is 5.38. The molecule has 0 heterocycles. The summed E-state index contributed by atoms with van der Waals surface area (Å²) in [6, 6.07) is 22.5. The van der Waals surface area contributed by atoms with Crippen molar-refractivity contribution in [1.82, 2.24) is 0 Å². The van der Waals surface area contributed by atoms with Crippen LogP contribution in [0.15, 0.2) is 83.8 Å². The molecule has 2 amide bonds. The molecular formula is C27H21ClN2O4S. The molecule has 3 N–H and O–H groups in total. The van der Waals surface area contributed by atoms with Gasteiger partial charge in [-0.15, -0.1) is 11.8 Å². The second-order valence-electron chi connectivity index (χ2n) is 7.75. The molecule has 4 aromatic carbocycles. The van der Waals surface area contributed by atoms with Crippen LogP contribution >= 0.6 is 23.4 Å². The molecule has 4 rings (SSSR count). The van der Waals surface area contributed by atoms with Gasteiger partial charge in [-0.1, -0.05) is 48.0 Å². The van der Waals surface area contributed by atoms with Crippen molar-refractivity contribution in [2.45, 2.75) is 11.8 Å². The van der Waals surface area contributed by atoms with Gasteiger partial charge in [0.15, 0.2) is 0 Å². The number of rotatable bonds is 7. The first-order valence-electron chi connectivity index (χ1n) is 10.7. The van der Waals surface area contributed by atoms with E-state index < -0.39 is 11.9 Å². The van der Waals surface area contributed by atoms with Gasteiger partial charge in [-0.2, -0.15) is 0 Å².